The summed E-state index contributed by atoms with van der Waals surface area (Å²) >= 11 is 4.03. The predicted octanol–water partition coefficient (Wildman–Crippen LogP) is 2.95. The normalized spacial score (nSPS) is 11.7. The van der Waals surface area contributed by atoms with Crippen molar-refractivity contribution in [1.82, 2.24) is 5.32 Å². The van der Waals surface area contributed by atoms with Crippen molar-refractivity contribution in [2.24, 2.45) is 0 Å². The van der Waals surface area contributed by atoms with Crippen LogP contribution in [0.15, 0.2) is 11.1 Å². The molecule has 0 aromatic carbocycles. The van der Waals surface area contributed by atoms with Gasteiger partial charge in [-0.2, -0.15) is 0 Å². The molecule has 0 bridgehead atoms. The molecule has 0 aliphatic heterocycles. The summed E-state index contributed by atoms with van der Waals surface area (Å²) in [7, 11) is 0. The van der Waals surface area contributed by atoms with E-state index >= 15 is 0 Å². The fourth-order valence-corrected chi connectivity index (χ4v) is 0.974. The molecule has 0 saturated heterocycles. The van der Waals surface area contributed by atoms with Gasteiger partial charge in [-0.15, -0.1) is 12.6 Å². The van der Waals surface area contributed by atoms with Gasteiger partial charge < -0.3 is 5.32 Å². The van der Waals surface area contributed by atoms with Gasteiger partial charge in [0.1, 0.15) is 0 Å². The molecule has 0 aromatic heterocycles. The molecule has 0 spiro atoms. The van der Waals surface area contributed by atoms with Crippen LogP contribution in [0.5, 0.6) is 0 Å². The van der Waals surface area contributed by atoms with Gasteiger partial charge in [0.15, 0.2) is 0 Å². The molecule has 0 saturated carbocycles. The lowest BCUT2D eigenvalue weighted by Gasteiger charge is -2.04. The summed E-state index contributed by atoms with van der Waals surface area (Å²) in [6, 6.07) is 0. The van der Waals surface area contributed by atoms with E-state index in [1.54, 1.807) is 5.41 Å². The van der Waals surface area contributed by atoms with Crippen LogP contribution in [-0.2, 0) is 0 Å². The molecular weight excluding hydrogens is 154 g/mol. The van der Waals surface area contributed by atoms with Crippen molar-refractivity contribution in [3.63, 3.8) is 0 Å². The molecule has 66 valence electrons. The molecule has 1 N–H and O–H groups in total. The molecule has 1 nitrogen and oxygen atoms in total. The molecule has 0 aliphatic rings. The zero-order chi connectivity index (χ0) is 8.53. The second kappa shape index (κ2) is 7.99. The summed E-state index contributed by atoms with van der Waals surface area (Å²) in [6.45, 7) is 5.35. The zero-order valence-electron chi connectivity index (χ0n) is 7.56. The molecule has 0 heterocycles. The number of allylic oxidation sites excluding steroid dienone is 1. The number of hydrogen-bond acceptors (Lipinski definition) is 2. The standard InChI is InChI=1S/C9H19NS/c1-3-4-5-6-7-10-9(2)8-11/h8,10-11H,3-7H2,1-2H3/b9-8+. The third-order valence-electron chi connectivity index (χ3n) is 1.63. The van der Waals surface area contributed by atoms with Crippen molar-refractivity contribution in [2.45, 2.75) is 39.5 Å². The van der Waals surface area contributed by atoms with Gasteiger partial charge in [-0.3, -0.25) is 0 Å². The summed E-state index contributed by atoms with van der Waals surface area (Å²) in [5, 5.41) is 5.08. The SMILES string of the molecule is CCCCCCN/C(C)=C/S. The summed E-state index contributed by atoms with van der Waals surface area (Å²) in [5.74, 6) is 0. The minimum atomic E-state index is 1.09. The largest absolute Gasteiger partial charge is 0.388 e. The maximum Gasteiger partial charge on any atom is 0.0144 e. The van der Waals surface area contributed by atoms with E-state index in [4.69, 9.17) is 0 Å². The van der Waals surface area contributed by atoms with Crippen molar-refractivity contribution >= 4 is 12.6 Å². The van der Waals surface area contributed by atoms with Gasteiger partial charge >= 0.3 is 0 Å². The second-order valence-corrected chi connectivity index (χ2v) is 3.06. The molecular formula is C9H19NS. The predicted molar refractivity (Wildman–Crippen MR) is 54.9 cm³/mol. The Balaban J connectivity index is 3.02. The maximum atomic E-state index is 4.03. The highest BCUT2D eigenvalue weighted by Gasteiger charge is 1.87. The highest BCUT2D eigenvalue weighted by molar-refractivity contribution is 7.83. The number of unbranched alkanes of at least 4 members (excludes halogenated alkanes) is 3. The van der Waals surface area contributed by atoms with Gasteiger partial charge in [0.25, 0.3) is 0 Å². The van der Waals surface area contributed by atoms with Gasteiger partial charge in [-0.1, -0.05) is 26.2 Å². The minimum Gasteiger partial charge on any atom is -0.388 e. The van der Waals surface area contributed by atoms with E-state index in [1.807, 2.05) is 6.92 Å². The Morgan fingerprint density at radius 3 is 2.64 bits per heavy atom. The van der Waals surface area contributed by atoms with E-state index in [9.17, 15) is 0 Å². The molecule has 0 aromatic rings. The minimum absolute atomic E-state index is 1.09. The lowest BCUT2D eigenvalue weighted by Crippen LogP contribution is -2.11. The first kappa shape index (κ1) is 10.9. The van der Waals surface area contributed by atoms with Crippen LogP contribution in [0.3, 0.4) is 0 Å². The van der Waals surface area contributed by atoms with Crippen LogP contribution in [0.1, 0.15) is 39.5 Å². The lowest BCUT2D eigenvalue weighted by molar-refractivity contribution is 0.636. The Labute approximate surface area is 75.7 Å². The summed E-state index contributed by atoms with van der Waals surface area (Å²) in [5.41, 5.74) is 1.16. The molecule has 0 atom stereocenters. The van der Waals surface area contributed by atoms with E-state index in [2.05, 4.69) is 24.9 Å². The average molecular weight is 173 g/mol. The zero-order valence-corrected chi connectivity index (χ0v) is 8.45. The van der Waals surface area contributed by atoms with Crippen LogP contribution >= 0.6 is 12.6 Å². The Kier molecular flexibility index (Phi) is 7.91. The van der Waals surface area contributed by atoms with E-state index in [0.29, 0.717) is 0 Å². The topological polar surface area (TPSA) is 12.0 Å². The maximum absolute atomic E-state index is 4.03. The summed E-state index contributed by atoms with van der Waals surface area (Å²) in [4.78, 5) is 0. The van der Waals surface area contributed by atoms with Crippen LogP contribution in [-0.4, -0.2) is 6.54 Å². The molecule has 0 aliphatic carbocycles. The van der Waals surface area contributed by atoms with Crippen LogP contribution in [0, 0.1) is 0 Å². The van der Waals surface area contributed by atoms with Crippen LogP contribution in [0.4, 0.5) is 0 Å². The molecule has 0 amide bonds. The van der Waals surface area contributed by atoms with E-state index < -0.39 is 0 Å². The fraction of sp³-hybridized carbons (Fsp3) is 0.778. The number of rotatable bonds is 6. The van der Waals surface area contributed by atoms with Crippen molar-refractivity contribution in [3.8, 4) is 0 Å². The first-order valence-electron chi connectivity index (χ1n) is 4.36. The summed E-state index contributed by atoms with van der Waals surface area (Å²) in [6.07, 6.45) is 5.27. The van der Waals surface area contributed by atoms with Gasteiger partial charge in [-0.05, 0) is 18.8 Å². The quantitative estimate of drug-likeness (QED) is 0.465. The van der Waals surface area contributed by atoms with Crippen molar-refractivity contribution in [3.05, 3.63) is 11.1 Å². The van der Waals surface area contributed by atoms with Gasteiger partial charge in [-0.25, -0.2) is 0 Å². The Hall–Kier alpha value is -0.110. The molecule has 2 heteroatoms. The lowest BCUT2D eigenvalue weighted by atomic mass is 10.2. The molecule has 0 unspecified atom stereocenters. The first-order valence-corrected chi connectivity index (χ1v) is 4.87. The fourth-order valence-electron chi connectivity index (χ4n) is 0.883. The van der Waals surface area contributed by atoms with Crippen molar-refractivity contribution in [2.75, 3.05) is 6.54 Å². The van der Waals surface area contributed by atoms with Crippen LogP contribution in [0.2, 0.25) is 0 Å². The number of nitrogens with one attached hydrogen (secondary N) is 1. The molecule has 0 fully saturated rings. The van der Waals surface area contributed by atoms with E-state index in [-0.39, 0.29) is 0 Å². The Morgan fingerprint density at radius 2 is 2.09 bits per heavy atom. The Bertz CT molecular complexity index is 110. The average Bonchev–Trinajstić information content (AvgIpc) is 2.04. The van der Waals surface area contributed by atoms with Crippen molar-refractivity contribution < 1.29 is 0 Å². The second-order valence-electron chi connectivity index (χ2n) is 2.80. The van der Waals surface area contributed by atoms with Gasteiger partial charge in [0, 0.05) is 12.2 Å². The monoisotopic (exact) mass is 173 g/mol. The number of thiol groups is 1. The smallest absolute Gasteiger partial charge is 0.0144 e. The van der Waals surface area contributed by atoms with E-state index in [0.717, 1.165) is 12.2 Å². The number of hydrogen-bond donors (Lipinski definition) is 2. The molecule has 0 rings (SSSR count). The highest BCUT2D eigenvalue weighted by Crippen LogP contribution is 1.98. The van der Waals surface area contributed by atoms with E-state index in [1.165, 1.54) is 25.7 Å². The Morgan fingerprint density at radius 1 is 1.36 bits per heavy atom. The molecule has 0 radical (unpaired) electrons. The highest BCUT2D eigenvalue weighted by atomic mass is 32.1. The molecule has 11 heavy (non-hydrogen) atoms. The summed E-state index contributed by atoms with van der Waals surface area (Å²) < 4.78 is 0. The third-order valence-corrected chi connectivity index (χ3v) is 2.02. The van der Waals surface area contributed by atoms with Crippen molar-refractivity contribution in [1.29, 1.82) is 0 Å². The first-order chi connectivity index (χ1) is 5.31. The van der Waals surface area contributed by atoms with Gasteiger partial charge in [0.2, 0.25) is 0 Å². The third kappa shape index (κ3) is 7.79. The van der Waals surface area contributed by atoms with Gasteiger partial charge in [0.05, 0.1) is 0 Å². The van der Waals surface area contributed by atoms with Crippen LogP contribution < -0.4 is 5.32 Å². The van der Waals surface area contributed by atoms with Crippen LogP contribution in [0.25, 0.3) is 0 Å².